The molecule has 2 aromatic rings. The van der Waals surface area contributed by atoms with E-state index in [0.29, 0.717) is 6.04 Å². The summed E-state index contributed by atoms with van der Waals surface area (Å²) < 4.78 is 2.32. The van der Waals surface area contributed by atoms with E-state index in [1.165, 1.54) is 16.6 Å². The Labute approximate surface area is 96.5 Å². The van der Waals surface area contributed by atoms with Crippen molar-refractivity contribution in [1.29, 1.82) is 0 Å². The Hall–Kier alpha value is -1.28. The fourth-order valence-electron chi connectivity index (χ4n) is 2.34. The monoisotopic (exact) mass is 217 g/mol. The van der Waals surface area contributed by atoms with Gasteiger partial charge >= 0.3 is 0 Å². The van der Waals surface area contributed by atoms with Crippen LogP contribution in [0.15, 0.2) is 24.3 Å². The molecule has 16 heavy (non-hydrogen) atoms. The average Bonchev–Trinajstić information content (AvgIpc) is 2.51. The van der Waals surface area contributed by atoms with Crippen LogP contribution < -0.4 is 0 Å². The van der Waals surface area contributed by atoms with Crippen molar-refractivity contribution >= 4 is 10.9 Å². The van der Waals surface area contributed by atoms with Gasteiger partial charge in [0.2, 0.25) is 0 Å². The van der Waals surface area contributed by atoms with E-state index in [9.17, 15) is 5.11 Å². The predicted molar refractivity (Wildman–Crippen MR) is 67.7 cm³/mol. The third-order valence-corrected chi connectivity index (χ3v) is 3.05. The van der Waals surface area contributed by atoms with Crippen LogP contribution >= 0.6 is 0 Å². The van der Waals surface area contributed by atoms with Gasteiger partial charge in [0, 0.05) is 22.6 Å². The molecule has 86 valence electrons. The standard InChI is InChI=1S/C14H19NO/c1-9(2)15-10(3)7-13-8-12(11(4)16)5-6-14(13)15/h5-9,11,16H,1-4H3. The van der Waals surface area contributed by atoms with E-state index in [2.05, 4.69) is 43.5 Å². The van der Waals surface area contributed by atoms with Gasteiger partial charge in [-0.3, -0.25) is 0 Å². The van der Waals surface area contributed by atoms with Crippen LogP contribution in [0.3, 0.4) is 0 Å². The molecule has 0 bridgehead atoms. The molecule has 0 aliphatic carbocycles. The van der Waals surface area contributed by atoms with E-state index < -0.39 is 6.10 Å². The van der Waals surface area contributed by atoms with Crippen molar-refractivity contribution in [2.45, 2.75) is 39.8 Å². The third-order valence-electron chi connectivity index (χ3n) is 3.05. The fourth-order valence-corrected chi connectivity index (χ4v) is 2.34. The quantitative estimate of drug-likeness (QED) is 0.817. The molecule has 1 aromatic carbocycles. The third kappa shape index (κ3) is 1.74. The molecule has 0 fully saturated rings. The number of fused-ring (bicyclic) bond motifs is 1. The summed E-state index contributed by atoms with van der Waals surface area (Å²) in [6.07, 6.45) is -0.396. The summed E-state index contributed by atoms with van der Waals surface area (Å²) in [6, 6.07) is 8.83. The maximum Gasteiger partial charge on any atom is 0.0762 e. The number of hydrogen-bond acceptors (Lipinski definition) is 1. The molecule has 0 saturated carbocycles. The van der Waals surface area contributed by atoms with Crippen molar-refractivity contribution in [3.05, 3.63) is 35.5 Å². The molecular weight excluding hydrogens is 198 g/mol. The van der Waals surface area contributed by atoms with Gasteiger partial charge in [0.1, 0.15) is 0 Å². The zero-order valence-corrected chi connectivity index (χ0v) is 10.4. The number of benzene rings is 1. The summed E-state index contributed by atoms with van der Waals surface area (Å²) in [6.45, 7) is 8.31. The zero-order chi connectivity index (χ0) is 11.9. The average molecular weight is 217 g/mol. The molecule has 0 spiro atoms. The summed E-state index contributed by atoms with van der Waals surface area (Å²) in [4.78, 5) is 0. The Balaban J connectivity index is 2.65. The molecule has 0 aliphatic rings. The number of aromatic nitrogens is 1. The minimum atomic E-state index is -0.396. The number of aliphatic hydroxyl groups excluding tert-OH is 1. The predicted octanol–water partition coefficient (Wildman–Crippen LogP) is 3.58. The van der Waals surface area contributed by atoms with Crippen LogP contribution in [0.25, 0.3) is 10.9 Å². The van der Waals surface area contributed by atoms with Gasteiger partial charge in [-0.1, -0.05) is 6.07 Å². The number of rotatable bonds is 2. The lowest BCUT2D eigenvalue weighted by molar-refractivity contribution is 0.199. The first-order valence-corrected chi connectivity index (χ1v) is 5.80. The van der Waals surface area contributed by atoms with Crippen molar-refractivity contribution in [2.75, 3.05) is 0 Å². The van der Waals surface area contributed by atoms with Crippen LogP contribution in [0.1, 0.15) is 44.2 Å². The summed E-state index contributed by atoms with van der Waals surface area (Å²) >= 11 is 0. The van der Waals surface area contributed by atoms with Gasteiger partial charge in [-0.05, 0) is 51.5 Å². The Morgan fingerprint density at radius 2 is 1.81 bits per heavy atom. The Morgan fingerprint density at radius 3 is 2.38 bits per heavy atom. The van der Waals surface area contributed by atoms with Crippen molar-refractivity contribution < 1.29 is 5.11 Å². The molecule has 0 saturated heterocycles. The molecule has 2 heteroatoms. The van der Waals surface area contributed by atoms with Crippen molar-refractivity contribution in [1.82, 2.24) is 4.57 Å². The van der Waals surface area contributed by atoms with Gasteiger partial charge in [-0.25, -0.2) is 0 Å². The minimum Gasteiger partial charge on any atom is -0.389 e. The molecule has 0 radical (unpaired) electrons. The Morgan fingerprint density at radius 1 is 1.12 bits per heavy atom. The smallest absolute Gasteiger partial charge is 0.0762 e. The van der Waals surface area contributed by atoms with Gasteiger partial charge in [0.15, 0.2) is 0 Å². The fraction of sp³-hybridized carbons (Fsp3) is 0.429. The number of nitrogens with zero attached hydrogens (tertiary/aromatic N) is 1. The van der Waals surface area contributed by atoms with Crippen LogP contribution in [-0.2, 0) is 0 Å². The molecule has 1 N–H and O–H groups in total. The number of hydrogen-bond donors (Lipinski definition) is 1. The highest BCUT2D eigenvalue weighted by molar-refractivity contribution is 5.82. The largest absolute Gasteiger partial charge is 0.389 e. The van der Waals surface area contributed by atoms with Crippen molar-refractivity contribution in [3.63, 3.8) is 0 Å². The SMILES string of the molecule is Cc1cc2cc(C(C)O)ccc2n1C(C)C. The molecule has 1 heterocycles. The molecule has 0 aliphatic heterocycles. The van der Waals surface area contributed by atoms with E-state index in [1.54, 1.807) is 6.92 Å². The van der Waals surface area contributed by atoms with Gasteiger partial charge in [-0.15, -0.1) is 0 Å². The van der Waals surface area contributed by atoms with Crippen LogP contribution in [0.5, 0.6) is 0 Å². The number of aliphatic hydroxyl groups is 1. The first-order chi connectivity index (χ1) is 7.50. The van der Waals surface area contributed by atoms with E-state index in [-0.39, 0.29) is 0 Å². The van der Waals surface area contributed by atoms with Crippen LogP contribution in [-0.4, -0.2) is 9.67 Å². The second-order valence-electron chi connectivity index (χ2n) is 4.74. The Kier molecular flexibility index (Phi) is 2.76. The van der Waals surface area contributed by atoms with Crippen LogP contribution in [0.2, 0.25) is 0 Å². The first-order valence-electron chi connectivity index (χ1n) is 5.80. The maximum atomic E-state index is 9.56. The zero-order valence-electron chi connectivity index (χ0n) is 10.4. The maximum absolute atomic E-state index is 9.56. The van der Waals surface area contributed by atoms with Crippen molar-refractivity contribution in [3.8, 4) is 0 Å². The lowest BCUT2D eigenvalue weighted by Crippen LogP contribution is -2.02. The van der Waals surface area contributed by atoms with Gasteiger partial charge in [-0.2, -0.15) is 0 Å². The minimum absolute atomic E-state index is 0.396. The van der Waals surface area contributed by atoms with E-state index in [0.717, 1.165) is 5.56 Å². The first kappa shape index (κ1) is 11.2. The highest BCUT2D eigenvalue weighted by Gasteiger charge is 2.09. The Bertz CT molecular complexity index is 509. The summed E-state index contributed by atoms with van der Waals surface area (Å²) in [5, 5.41) is 10.8. The summed E-state index contributed by atoms with van der Waals surface area (Å²) in [5.74, 6) is 0. The second-order valence-corrected chi connectivity index (χ2v) is 4.74. The molecule has 1 atom stereocenters. The van der Waals surface area contributed by atoms with Crippen LogP contribution in [0, 0.1) is 6.92 Å². The normalized spacial score (nSPS) is 13.6. The van der Waals surface area contributed by atoms with Gasteiger partial charge in [0.25, 0.3) is 0 Å². The second kappa shape index (κ2) is 3.95. The molecule has 2 nitrogen and oxygen atoms in total. The highest BCUT2D eigenvalue weighted by atomic mass is 16.3. The van der Waals surface area contributed by atoms with Crippen LogP contribution in [0.4, 0.5) is 0 Å². The molecular formula is C14H19NO. The topological polar surface area (TPSA) is 25.2 Å². The number of aryl methyl sites for hydroxylation is 1. The molecule has 1 unspecified atom stereocenters. The van der Waals surface area contributed by atoms with Gasteiger partial charge < -0.3 is 9.67 Å². The van der Waals surface area contributed by atoms with E-state index >= 15 is 0 Å². The lowest BCUT2D eigenvalue weighted by Gasteiger charge is -2.12. The lowest BCUT2D eigenvalue weighted by atomic mass is 10.1. The van der Waals surface area contributed by atoms with Crippen molar-refractivity contribution in [2.24, 2.45) is 0 Å². The van der Waals surface area contributed by atoms with E-state index in [4.69, 9.17) is 0 Å². The highest BCUT2D eigenvalue weighted by Crippen LogP contribution is 2.26. The summed E-state index contributed by atoms with van der Waals surface area (Å²) in [7, 11) is 0. The summed E-state index contributed by atoms with van der Waals surface area (Å²) in [5.41, 5.74) is 3.50. The molecule has 1 aromatic heterocycles. The van der Waals surface area contributed by atoms with E-state index in [1.807, 2.05) is 6.07 Å². The van der Waals surface area contributed by atoms with Gasteiger partial charge in [0.05, 0.1) is 6.10 Å². The molecule has 2 rings (SSSR count). The molecule has 0 amide bonds.